The number of carbonyl (C=O) groups is 2. The lowest BCUT2D eigenvalue weighted by molar-refractivity contribution is -0.139. The van der Waals surface area contributed by atoms with Crippen LogP contribution in [0, 0.1) is 5.82 Å². The van der Waals surface area contributed by atoms with E-state index in [1.54, 1.807) is 18.2 Å². The second kappa shape index (κ2) is 10.3. The van der Waals surface area contributed by atoms with Crippen molar-refractivity contribution in [3.8, 4) is 5.75 Å². The van der Waals surface area contributed by atoms with Crippen molar-refractivity contribution in [1.82, 2.24) is 10.7 Å². The number of nitrogens with zero attached hydrogens (tertiary/aromatic N) is 1. The summed E-state index contributed by atoms with van der Waals surface area (Å²) in [6, 6.07) is 17.4. The van der Waals surface area contributed by atoms with Crippen molar-refractivity contribution in [3.63, 3.8) is 0 Å². The number of hydrogen-bond donors (Lipinski definition) is 2. The van der Waals surface area contributed by atoms with Crippen LogP contribution in [0.5, 0.6) is 5.75 Å². The molecule has 6 nitrogen and oxygen atoms in total. The highest BCUT2D eigenvalue weighted by Crippen LogP contribution is 2.27. The van der Waals surface area contributed by atoms with Gasteiger partial charge in [0.15, 0.2) is 0 Å². The van der Waals surface area contributed by atoms with Crippen LogP contribution >= 0.6 is 0 Å². The van der Waals surface area contributed by atoms with Crippen molar-refractivity contribution in [2.24, 2.45) is 5.10 Å². The van der Waals surface area contributed by atoms with Gasteiger partial charge in [-0.2, -0.15) is 5.10 Å². The van der Waals surface area contributed by atoms with E-state index in [4.69, 9.17) is 4.74 Å². The zero-order valence-corrected chi connectivity index (χ0v) is 17.4. The highest BCUT2D eigenvalue weighted by atomic mass is 19.1. The summed E-state index contributed by atoms with van der Waals surface area (Å²) in [7, 11) is 0. The number of amides is 2. The number of carbonyl (C=O) groups excluding carboxylic acids is 2. The minimum absolute atomic E-state index is 0.108. The number of benzene rings is 3. The molecule has 3 aromatic rings. The highest BCUT2D eigenvalue weighted by molar-refractivity contribution is 6.35. The van der Waals surface area contributed by atoms with Crippen LogP contribution in [0.25, 0.3) is 10.8 Å². The van der Waals surface area contributed by atoms with Crippen LogP contribution in [-0.2, 0) is 16.2 Å². The Morgan fingerprint density at radius 2 is 1.90 bits per heavy atom. The monoisotopic (exact) mass is 421 g/mol. The molecule has 31 heavy (non-hydrogen) atoms. The third kappa shape index (κ3) is 5.88. The van der Waals surface area contributed by atoms with Crippen molar-refractivity contribution in [2.75, 3.05) is 0 Å². The molecular formula is C24H24FN3O3. The van der Waals surface area contributed by atoms with Gasteiger partial charge >= 0.3 is 11.8 Å². The molecule has 3 aromatic carbocycles. The summed E-state index contributed by atoms with van der Waals surface area (Å²) in [6.45, 7) is 3.89. The fourth-order valence-electron chi connectivity index (χ4n) is 2.92. The van der Waals surface area contributed by atoms with Gasteiger partial charge in [0.1, 0.15) is 18.2 Å². The number of ether oxygens (including phenoxy) is 1. The largest absolute Gasteiger partial charge is 0.488 e. The van der Waals surface area contributed by atoms with Gasteiger partial charge in [-0.25, -0.2) is 9.82 Å². The normalized spacial score (nSPS) is 12.0. The number of rotatable bonds is 7. The quantitative estimate of drug-likeness (QED) is 0.345. The molecule has 0 saturated carbocycles. The summed E-state index contributed by atoms with van der Waals surface area (Å²) in [5.74, 6) is -1.41. The molecule has 3 rings (SSSR count). The van der Waals surface area contributed by atoms with E-state index in [0.717, 1.165) is 10.8 Å². The molecule has 7 heteroatoms. The fourth-order valence-corrected chi connectivity index (χ4v) is 2.92. The second-order valence-electron chi connectivity index (χ2n) is 7.10. The van der Waals surface area contributed by atoms with Crippen molar-refractivity contribution < 1.29 is 18.7 Å². The minimum Gasteiger partial charge on any atom is -0.488 e. The van der Waals surface area contributed by atoms with Crippen LogP contribution in [0.15, 0.2) is 65.8 Å². The zero-order valence-electron chi connectivity index (χ0n) is 17.4. The van der Waals surface area contributed by atoms with Gasteiger partial charge in [0.25, 0.3) is 0 Å². The van der Waals surface area contributed by atoms with E-state index in [-0.39, 0.29) is 18.5 Å². The summed E-state index contributed by atoms with van der Waals surface area (Å²) in [5, 5.41) is 8.36. The molecular weight excluding hydrogens is 397 g/mol. The first-order chi connectivity index (χ1) is 15.0. The Hall–Kier alpha value is -3.74. The lowest BCUT2D eigenvalue weighted by Crippen LogP contribution is -2.41. The first kappa shape index (κ1) is 22.0. The zero-order chi connectivity index (χ0) is 22.2. The summed E-state index contributed by atoms with van der Waals surface area (Å²) < 4.78 is 19.3. The predicted molar refractivity (Wildman–Crippen MR) is 118 cm³/mol. The number of hydrazone groups is 1. The van der Waals surface area contributed by atoms with Crippen LogP contribution in [0.3, 0.4) is 0 Å². The molecule has 160 valence electrons. The van der Waals surface area contributed by atoms with Crippen LogP contribution in [0.1, 0.15) is 31.4 Å². The molecule has 0 aliphatic carbocycles. The maximum Gasteiger partial charge on any atom is 0.329 e. The third-order valence-electron chi connectivity index (χ3n) is 4.77. The molecule has 0 bridgehead atoms. The van der Waals surface area contributed by atoms with Gasteiger partial charge in [-0.1, -0.05) is 49.4 Å². The Labute approximate surface area is 180 Å². The third-order valence-corrected chi connectivity index (χ3v) is 4.77. The van der Waals surface area contributed by atoms with Gasteiger partial charge in [-0.3, -0.25) is 9.59 Å². The molecule has 0 aliphatic rings. The van der Waals surface area contributed by atoms with Crippen LogP contribution in [-0.4, -0.2) is 24.1 Å². The SMILES string of the molecule is CC[C@@H](C)NC(=O)C(=O)N/N=C\c1c(OCc2cccc(F)c2)ccc2ccccc12. The first-order valence-corrected chi connectivity index (χ1v) is 10.0. The minimum atomic E-state index is -0.848. The summed E-state index contributed by atoms with van der Waals surface area (Å²) in [6.07, 6.45) is 2.15. The lowest BCUT2D eigenvalue weighted by Gasteiger charge is -2.12. The maximum atomic E-state index is 13.4. The number of fused-ring (bicyclic) bond motifs is 1. The van der Waals surface area contributed by atoms with Gasteiger partial charge in [0.05, 0.1) is 6.21 Å². The van der Waals surface area contributed by atoms with E-state index < -0.39 is 11.8 Å². The van der Waals surface area contributed by atoms with E-state index in [0.29, 0.717) is 23.3 Å². The van der Waals surface area contributed by atoms with E-state index in [9.17, 15) is 14.0 Å². The van der Waals surface area contributed by atoms with E-state index in [2.05, 4.69) is 15.8 Å². The van der Waals surface area contributed by atoms with Crippen LogP contribution in [0.4, 0.5) is 4.39 Å². The van der Waals surface area contributed by atoms with E-state index in [1.807, 2.05) is 44.2 Å². The molecule has 2 amide bonds. The Balaban J connectivity index is 1.80. The van der Waals surface area contributed by atoms with Gasteiger partial charge in [-0.05, 0) is 47.9 Å². The molecule has 0 heterocycles. The smallest absolute Gasteiger partial charge is 0.329 e. The van der Waals surface area contributed by atoms with E-state index in [1.165, 1.54) is 18.3 Å². The van der Waals surface area contributed by atoms with Gasteiger partial charge in [0, 0.05) is 11.6 Å². The average Bonchev–Trinajstić information content (AvgIpc) is 2.78. The topological polar surface area (TPSA) is 79.8 Å². The number of hydrogen-bond acceptors (Lipinski definition) is 4. The standard InChI is InChI=1S/C24H24FN3O3/c1-3-16(2)27-23(29)24(30)28-26-14-21-20-10-5-4-8-18(20)11-12-22(21)31-15-17-7-6-9-19(25)13-17/h4-14,16H,3,15H2,1-2H3,(H,27,29)(H,28,30)/b26-14-/t16-/m1/s1. The molecule has 2 N–H and O–H groups in total. The van der Waals surface area contributed by atoms with Gasteiger partial charge in [0.2, 0.25) is 0 Å². The molecule has 0 aliphatic heterocycles. The van der Waals surface area contributed by atoms with Crippen molar-refractivity contribution >= 4 is 28.8 Å². The molecule has 0 aromatic heterocycles. The Morgan fingerprint density at radius 3 is 2.68 bits per heavy atom. The molecule has 0 saturated heterocycles. The second-order valence-corrected chi connectivity index (χ2v) is 7.10. The lowest BCUT2D eigenvalue weighted by atomic mass is 10.0. The van der Waals surface area contributed by atoms with E-state index >= 15 is 0 Å². The summed E-state index contributed by atoms with van der Waals surface area (Å²) in [4.78, 5) is 23.8. The van der Waals surface area contributed by atoms with Crippen LogP contribution in [0.2, 0.25) is 0 Å². The Morgan fingerprint density at radius 1 is 1.10 bits per heavy atom. The predicted octanol–water partition coefficient (Wildman–Crippen LogP) is 3.92. The first-order valence-electron chi connectivity index (χ1n) is 10.0. The number of nitrogens with one attached hydrogen (secondary N) is 2. The average molecular weight is 421 g/mol. The summed E-state index contributed by atoms with van der Waals surface area (Å²) >= 11 is 0. The van der Waals surface area contributed by atoms with Gasteiger partial charge < -0.3 is 10.1 Å². The van der Waals surface area contributed by atoms with Crippen molar-refractivity contribution in [1.29, 1.82) is 0 Å². The number of halogens is 1. The molecule has 0 spiro atoms. The van der Waals surface area contributed by atoms with Crippen molar-refractivity contribution in [2.45, 2.75) is 32.9 Å². The highest BCUT2D eigenvalue weighted by Gasteiger charge is 2.14. The van der Waals surface area contributed by atoms with Crippen LogP contribution < -0.4 is 15.5 Å². The Bertz CT molecular complexity index is 1110. The molecule has 0 fully saturated rings. The molecule has 0 radical (unpaired) electrons. The van der Waals surface area contributed by atoms with Crippen molar-refractivity contribution in [3.05, 3.63) is 77.6 Å². The maximum absolute atomic E-state index is 13.4. The van der Waals surface area contributed by atoms with Gasteiger partial charge in [-0.15, -0.1) is 0 Å². The molecule has 0 unspecified atom stereocenters. The fraction of sp³-hybridized carbons (Fsp3) is 0.208. The summed E-state index contributed by atoms with van der Waals surface area (Å²) in [5.41, 5.74) is 3.57. The Kier molecular flexibility index (Phi) is 7.32. The molecule has 1 atom stereocenters.